The highest BCUT2D eigenvalue weighted by molar-refractivity contribution is 5.77. The van der Waals surface area contributed by atoms with E-state index in [2.05, 4.69) is 11.8 Å². The van der Waals surface area contributed by atoms with E-state index in [1.165, 1.54) is 19.3 Å². The highest BCUT2D eigenvalue weighted by Crippen LogP contribution is 2.36. The monoisotopic (exact) mass is 225 g/mol. The molecule has 0 bridgehead atoms. The molecule has 1 saturated heterocycles. The molecule has 0 N–H and O–H groups in total. The first kappa shape index (κ1) is 11.9. The van der Waals surface area contributed by atoms with Crippen LogP contribution in [-0.2, 0) is 9.53 Å². The summed E-state index contributed by atoms with van der Waals surface area (Å²) in [5, 5.41) is 0. The van der Waals surface area contributed by atoms with Gasteiger partial charge >= 0.3 is 0 Å². The predicted octanol–water partition coefficient (Wildman–Crippen LogP) is 2.35. The standard InChI is InChI=1S/C13H23NO2/c1-2-6-12(15)14-9-10-16-11-13(14)7-4-3-5-8-13/h2-11H2,1H3. The van der Waals surface area contributed by atoms with Gasteiger partial charge in [0, 0.05) is 13.0 Å². The Morgan fingerprint density at radius 2 is 2.06 bits per heavy atom. The van der Waals surface area contributed by atoms with Gasteiger partial charge in [-0.15, -0.1) is 0 Å². The molecule has 1 amide bonds. The van der Waals surface area contributed by atoms with Crippen molar-refractivity contribution in [2.24, 2.45) is 0 Å². The molecule has 1 saturated carbocycles. The van der Waals surface area contributed by atoms with E-state index in [-0.39, 0.29) is 5.54 Å². The van der Waals surface area contributed by atoms with Gasteiger partial charge in [0.2, 0.25) is 5.91 Å². The molecule has 2 fully saturated rings. The summed E-state index contributed by atoms with van der Waals surface area (Å²) in [6.07, 6.45) is 7.75. The topological polar surface area (TPSA) is 29.5 Å². The Morgan fingerprint density at radius 3 is 2.75 bits per heavy atom. The van der Waals surface area contributed by atoms with Crippen LogP contribution in [0.4, 0.5) is 0 Å². The second kappa shape index (κ2) is 5.17. The minimum Gasteiger partial charge on any atom is -0.377 e. The van der Waals surface area contributed by atoms with Crippen LogP contribution in [0.2, 0.25) is 0 Å². The van der Waals surface area contributed by atoms with Crippen molar-refractivity contribution in [2.75, 3.05) is 19.8 Å². The van der Waals surface area contributed by atoms with Gasteiger partial charge in [-0.25, -0.2) is 0 Å². The normalized spacial score (nSPS) is 24.7. The molecule has 0 atom stereocenters. The van der Waals surface area contributed by atoms with Crippen molar-refractivity contribution in [3.8, 4) is 0 Å². The molecule has 0 aromatic heterocycles. The van der Waals surface area contributed by atoms with Gasteiger partial charge in [-0.3, -0.25) is 4.79 Å². The first-order valence-electron chi connectivity index (χ1n) is 6.67. The zero-order valence-electron chi connectivity index (χ0n) is 10.3. The SMILES string of the molecule is CCCC(=O)N1CCOCC12CCCCC2. The third-order valence-corrected chi connectivity index (χ3v) is 3.95. The molecule has 3 heteroatoms. The first-order valence-corrected chi connectivity index (χ1v) is 6.67. The summed E-state index contributed by atoms with van der Waals surface area (Å²) in [5.41, 5.74) is 0.0583. The van der Waals surface area contributed by atoms with Crippen LogP contribution in [0.5, 0.6) is 0 Å². The fourth-order valence-corrected chi connectivity index (χ4v) is 3.10. The van der Waals surface area contributed by atoms with Crippen molar-refractivity contribution >= 4 is 5.91 Å². The van der Waals surface area contributed by atoms with E-state index in [9.17, 15) is 4.79 Å². The van der Waals surface area contributed by atoms with Crippen molar-refractivity contribution in [2.45, 2.75) is 57.4 Å². The average molecular weight is 225 g/mol. The Hall–Kier alpha value is -0.570. The van der Waals surface area contributed by atoms with Crippen LogP contribution >= 0.6 is 0 Å². The van der Waals surface area contributed by atoms with Crippen molar-refractivity contribution in [1.82, 2.24) is 4.90 Å². The van der Waals surface area contributed by atoms with E-state index in [4.69, 9.17) is 4.74 Å². The Kier molecular flexibility index (Phi) is 3.85. The quantitative estimate of drug-likeness (QED) is 0.722. The van der Waals surface area contributed by atoms with Crippen LogP contribution in [0, 0.1) is 0 Å². The van der Waals surface area contributed by atoms with Gasteiger partial charge < -0.3 is 9.64 Å². The largest absolute Gasteiger partial charge is 0.377 e. The van der Waals surface area contributed by atoms with Crippen LogP contribution in [0.15, 0.2) is 0 Å². The first-order chi connectivity index (χ1) is 7.78. The molecule has 0 radical (unpaired) electrons. The summed E-state index contributed by atoms with van der Waals surface area (Å²) in [4.78, 5) is 14.3. The molecular weight excluding hydrogens is 202 g/mol. The van der Waals surface area contributed by atoms with Gasteiger partial charge in [-0.05, 0) is 19.3 Å². The number of ether oxygens (including phenoxy) is 1. The molecule has 3 nitrogen and oxygen atoms in total. The van der Waals surface area contributed by atoms with Crippen LogP contribution in [0.25, 0.3) is 0 Å². The number of morpholine rings is 1. The maximum Gasteiger partial charge on any atom is 0.223 e. The fraction of sp³-hybridized carbons (Fsp3) is 0.923. The molecule has 2 rings (SSSR count). The van der Waals surface area contributed by atoms with Gasteiger partial charge in [0.05, 0.1) is 18.8 Å². The fourth-order valence-electron chi connectivity index (χ4n) is 3.10. The lowest BCUT2D eigenvalue weighted by atomic mass is 9.80. The molecule has 0 unspecified atom stereocenters. The molecule has 16 heavy (non-hydrogen) atoms. The van der Waals surface area contributed by atoms with Gasteiger partial charge in [0.25, 0.3) is 0 Å². The summed E-state index contributed by atoms with van der Waals surface area (Å²) in [7, 11) is 0. The summed E-state index contributed by atoms with van der Waals surface area (Å²) < 4.78 is 5.63. The number of carbonyl (C=O) groups is 1. The van der Waals surface area contributed by atoms with Crippen LogP contribution in [0.1, 0.15) is 51.9 Å². The molecule has 2 aliphatic rings. The van der Waals surface area contributed by atoms with Crippen molar-refractivity contribution < 1.29 is 9.53 Å². The van der Waals surface area contributed by atoms with Crippen molar-refractivity contribution in [3.05, 3.63) is 0 Å². The number of nitrogens with zero attached hydrogens (tertiary/aromatic N) is 1. The van der Waals surface area contributed by atoms with Gasteiger partial charge in [0.1, 0.15) is 0 Å². The van der Waals surface area contributed by atoms with Crippen LogP contribution in [-0.4, -0.2) is 36.1 Å². The zero-order valence-corrected chi connectivity index (χ0v) is 10.3. The van der Waals surface area contributed by atoms with E-state index in [0.717, 1.165) is 39.0 Å². The molecule has 92 valence electrons. The minimum atomic E-state index is 0.0583. The number of amides is 1. The third kappa shape index (κ3) is 2.24. The Balaban J connectivity index is 2.09. The highest BCUT2D eigenvalue weighted by atomic mass is 16.5. The lowest BCUT2D eigenvalue weighted by molar-refractivity contribution is -0.152. The van der Waals surface area contributed by atoms with E-state index in [1.807, 2.05) is 0 Å². The summed E-state index contributed by atoms with van der Waals surface area (Å²) in [6, 6.07) is 0. The molecule has 0 aromatic carbocycles. The maximum absolute atomic E-state index is 12.1. The lowest BCUT2D eigenvalue weighted by Crippen LogP contribution is -2.59. The van der Waals surface area contributed by atoms with Gasteiger partial charge in [0.15, 0.2) is 0 Å². The third-order valence-electron chi connectivity index (χ3n) is 3.95. The molecule has 1 aliphatic heterocycles. The predicted molar refractivity (Wildman–Crippen MR) is 63.3 cm³/mol. The van der Waals surface area contributed by atoms with E-state index in [0.29, 0.717) is 12.3 Å². The van der Waals surface area contributed by atoms with Crippen LogP contribution < -0.4 is 0 Å². The molecule has 1 heterocycles. The smallest absolute Gasteiger partial charge is 0.223 e. The lowest BCUT2D eigenvalue weighted by Gasteiger charge is -2.49. The van der Waals surface area contributed by atoms with E-state index >= 15 is 0 Å². The highest BCUT2D eigenvalue weighted by Gasteiger charge is 2.42. The molecule has 0 aromatic rings. The zero-order chi connectivity index (χ0) is 11.4. The van der Waals surface area contributed by atoms with Crippen LogP contribution in [0.3, 0.4) is 0 Å². The summed E-state index contributed by atoms with van der Waals surface area (Å²) in [6.45, 7) is 4.37. The second-order valence-electron chi connectivity index (χ2n) is 5.13. The molecule has 1 aliphatic carbocycles. The molecular formula is C13H23NO2. The summed E-state index contributed by atoms with van der Waals surface area (Å²) in [5.74, 6) is 0.340. The van der Waals surface area contributed by atoms with Gasteiger partial charge in [-0.2, -0.15) is 0 Å². The Bertz CT molecular complexity index is 238. The Labute approximate surface area is 98.1 Å². The second-order valence-corrected chi connectivity index (χ2v) is 5.13. The van der Waals surface area contributed by atoms with Crippen molar-refractivity contribution in [1.29, 1.82) is 0 Å². The Morgan fingerprint density at radius 1 is 1.31 bits per heavy atom. The average Bonchev–Trinajstić information content (AvgIpc) is 2.31. The molecule has 1 spiro atoms. The van der Waals surface area contributed by atoms with Gasteiger partial charge in [-0.1, -0.05) is 26.2 Å². The number of rotatable bonds is 2. The van der Waals surface area contributed by atoms with Crippen molar-refractivity contribution in [3.63, 3.8) is 0 Å². The number of hydrogen-bond donors (Lipinski definition) is 0. The number of carbonyl (C=O) groups excluding carboxylic acids is 1. The minimum absolute atomic E-state index is 0.0583. The maximum atomic E-state index is 12.1. The van der Waals surface area contributed by atoms with E-state index < -0.39 is 0 Å². The van der Waals surface area contributed by atoms with E-state index in [1.54, 1.807) is 0 Å². The summed E-state index contributed by atoms with van der Waals surface area (Å²) >= 11 is 0. The number of hydrogen-bond acceptors (Lipinski definition) is 2.